The van der Waals surface area contributed by atoms with Crippen molar-refractivity contribution in [3.63, 3.8) is 0 Å². The Hall–Kier alpha value is -3.21. The van der Waals surface area contributed by atoms with Crippen molar-refractivity contribution in [2.75, 3.05) is 38.2 Å². The number of anilines is 1. The zero-order valence-corrected chi connectivity index (χ0v) is 17.7. The lowest BCUT2D eigenvalue weighted by Gasteiger charge is -2.37. The number of para-hydroxylation sites is 2. The Balaban J connectivity index is 1.44. The lowest BCUT2D eigenvalue weighted by molar-refractivity contribution is -0.132. The molecule has 4 rings (SSSR count). The number of benzene rings is 2. The molecule has 1 amide bonds. The lowest BCUT2D eigenvalue weighted by atomic mass is 10.0. The number of piperazine rings is 1. The van der Waals surface area contributed by atoms with Gasteiger partial charge in [-0.15, -0.1) is 0 Å². The van der Waals surface area contributed by atoms with Crippen LogP contribution in [0, 0.1) is 6.92 Å². The summed E-state index contributed by atoms with van der Waals surface area (Å²) in [4.78, 5) is 17.5. The number of methoxy groups -OCH3 is 1. The Morgan fingerprint density at radius 2 is 1.70 bits per heavy atom. The summed E-state index contributed by atoms with van der Waals surface area (Å²) in [5.41, 5.74) is 3.48. The van der Waals surface area contributed by atoms with E-state index in [1.165, 1.54) is 11.1 Å². The van der Waals surface area contributed by atoms with Crippen LogP contribution in [0.2, 0.25) is 0 Å². The van der Waals surface area contributed by atoms with Gasteiger partial charge in [0.1, 0.15) is 5.75 Å². The van der Waals surface area contributed by atoms with E-state index in [1.807, 2.05) is 47.6 Å². The molecule has 1 aliphatic rings. The van der Waals surface area contributed by atoms with E-state index in [4.69, 9.17) is 4.74 Å². The van der Waals surface area contributed by atoms with E-state index in [2.05, 4.69) is 46.7 Å². The van der Waals surface area contributed by atoms with E-state index in [0.29, 0.717) is 6.42 Å². The molecular formula is C25H29N3O2. The second-order valence-corrected chi connectivity index (χ2v) is 7.80. The summed E-state index contributed by atoms with van der Waals surface area (Å²) in [7, 11) is 1.70. The van der Waals surface area contributed by atoms with E-state index >= 15 is 0 Å². The number of aryl methyl sites for hydroxylation is 1. The fraction of sp³-hybridized carbons (Fsp3) is 0.320. The van der Waals surface area contributed by atoms with Gasteiger partial charge in [-0.05, 0) is 36.8 Å². The zero-order chi connectivity index (χ0) is 20.9. The molecule has 3 aromatic rings. The van der Waals surface area contributed by atoms with E-state index in [-0.39, 0.29) is 11.9 Å². The molecule has 0 spiro atoms. The van der Waals surface area contributed by atoms with Crippen molar-refractivity contribution in [1.82, 2.24) is 9.47 Å². The minimum Gasteiger partial charge on any atom is -0.495 e. The molecule has 1 unspecified atom stereocenters. The Kier molecular flexibility index (Phi) is 6.07. The van der Waals surface area contributed by atoms with Gasteiger partial charge in [-0.25, -0.2) is 0 Å². The summed E-state index contributed by atoms with van der Waals surface area (Å²) in [5, 5.41) is 0. The van der Waals surface area contributed by atoms with E-state index in [0.717, 1.165) is 37.6 Å². The predicted octanol–water partition coefficient (Wildman–Crippen LogP) is 4.13. The number of amides is 1. The Morgan fingerprint density at radius 1 is 0.967 bits per heavy atom. The fourth-order valence-corrected chi connectivity index (χ4v) is 4.21. The van der Waals surface area contributed by atoms with Crippen LogP contribution in [0.5, 0.6) is 5.75 Å². The molecule has 1 atom stereocenters. The Bertz CT molecular complexity index is 976. The third-order valence-corrected chi connectivity index (χ3v) is 5.84. The summed E-state index contributed by atoms with van der Waals surface area (Å²) in [6.07, 6.45) is 4.55. The predicted molar refractivity (Wildman–Crippen MR) is 120 cm³/mol. The van der Waals surface area contributed by atoms with Crippen LogP contribution in [0.25, 0.3) is 0 Å². The summed E-state index contributed by atoms with van der Waals surface area (Å²) in [6.45, 7) is 5.16. The first kappa shape index (κ1) is 20.1. The van der Waals surface area contributed by atoms with Gasteiger partial charge in [0.05, 0.1) is 25.3 Å². The average Bonchev–Trinajstić information content (AvgIpc) is 3.32. The first-order valence-corrected chi connectivity index (χ1v) is 10.5. The minimum atomic E-state index is 0.0136. The number of carbonyl (C=O) groups excluding carboxylic acids is 1. The molecule has 0 N–H and O–H groups in total. The van der Waals surface area contributed by atoms with Crippen molar-refractivity contribution in [3.05, 3.63) is 84.2 Å². The lowest BCUT2D eigenvalue weighted by Crippen LogP contribution is -2.49. The number of hydrogen-bond donors (Lipinski definition) is 0. The van der Waals surface area contributed by atoms with E-state index in [9.17, 15) is 4.79 Å². The van der Waals surface area contributed by atoms with Gasteiger partial charge in [-0.1, -0.05) is 42.0 Å². The highest BCUT2D eigenvalue weighted by atomic mass is 16.5. The van der Waals surface area contributed by atoms with Crippen molar-refractivity contribution in [3.8, 4) is 5.75 Å². The number of ether oxygens (including phenoxy) is 1. The van der Waals surface area contributed by atoms with Gasteiger partial charge < -0.3 is 19.1 Å². The van der Waals surface area contributed by atoms with Crippen LogP contribution < -0.4 is 9.64 Å². The maximum atomic E-state index is 13.2. The molecule has 30 heavy (non-hydrogen) atoms. The minimum absolute atomic E-state index is 0.0136. The van der Waals surface area contributed by atoms with Gasteiger partial charge in [-0.3, -0.25) is 4.79 Å². The monoisotopic (exact) mass is 403 g/mol. The fourth-order valence-electron chi connectivity index (χ4n) is 4.21. The van der Waals surface area contributed by atoms with Gasteiger partial charge in [0.15, 0.2) is 0 Å². The quantitative estimate of drug-likeness (QED) is 0.621. The normalized spacial score (nSPS) is 15.1. The Morgan fingerprint density at radius 3 is 2.40 bits per heavy atom. The highest BCUT2D eigenvalue weighted by molar-refractivity contribution is 5.77. The number of hydrogen-bond acceptors (Lipinski definition) is 3. The van der Waals surface area contributed by atoms with Crippen molar-refractivity contribution in [2.45, 2.75) is 19.4 Å². The molecule has 0 radical (unpaired) electrons. The maximum Gasteiger partial charge on any atom is 0.225 e. The van der Waals surface area contributed by atoms with Crippen LogP contribution in [0.4, 0.5) is 5.69 Å². The highest BCUT2D eigenvalue weighted by Gasteiger charge is 2.26. The average molecular weight is 404 g/mol. The zero-order valence-electron chi connectivity index (χ0n) is 17.7. The SMILES string of the molecule is COc1ccccc1N1CCN(C(=O)CC(c2cccc(C)c2)n2cccc2)CC1. The number of aromatic nitrogens is 1. The highest BCUT2D eigenvalue weighted by Crippen LogP contribution is 2.29. The van der Waals surface area contributed by atoms with Crippen LogP contribution >= 0.6 is 0 Å². The van der Waals surface area contributed by atoms with E-state index < -0.39 is 0 Å². The third kappa shape index (κ3) is 4.35. The molecule has 1 saturated heterocycles. The largest absolute Gasteiger partial charge is 0.495 e. The summed E-state index contributed by atoms with van der Waals surface area (Å²) < 4.78 is 7.64. The number of nitrogens with zero attached hydrogens (tertiary/aromatic N) is 3. The van der Waals surface area contributed by atoms with Gasteiger partial charge in [0.25, 0.3) is 0 Å². The molecular weight excluding hydrogens is 374 g/mol. The smallest absolute Gasteiger partial charge is 0.225 e. The van der Waals surface area contributed by atoms with Gasteiger partial charge in [0, 0.05) is 38.6 Å². The van der Waals surface area contributed by atoms with Gasteiger partial charge in [-0.2, -0.15) is 0 Å². The first-order valence-electron chi connectivity index (χ1n) is 10.5. The number of rotatable bonds is 6. The molecule has 1 fully saturated rings. The van der Waals surface area contributed by atoms with E-state index in [1.54, 1.807) is 7.11 Å². The molecule has 2 heterocycles. The van der Waals surface area contributed by atoms with Gasteiger partial charge in [0.2, 0.25) is 5.91 Å². The van der Waals surface area contributed by atoms with Crippen molar-refractivity contribution >= 4 is 11.6 Å². The van der Waals surface area contributed by atoms with Crippen molar-refractivity contribution in [1.29, 1.82) is 0 Å². The molecule has 5 heteroatoms. The van der Waals surface area contributed by atoms with Crippen LogP contribution in [0.15, 0.2) is 73.1 Å². The molecule has 2 aromatic carbocycles. The van der Waals surface area contributed by atoms with Crippen LogP contribution in [-0.4, -0.2) is 48.7 Å². The van der Waals surface area contributed by atoms with Crippen molar-refractivity contribution < 1.29 is 9.53 Å². The van der Waals surface area contributed by atoms with Crippen LogP contribution in [0.1, 0.15) is 23.6 Å². The summed E-state index contributed by atoms with van der Waals surface area (Å²) >= 11 is 0. The van der Waals surface area contributed by atoms with Crippen molar-refractivity contribution in [2.24, 2.45) is 0 Å². The number of carbonyl (C=O) groups is 1. The first-order chi connectivity index (χ1) is 14.7. The maximum absolute atomic E-state index is 13.2. The molecule has 0 bridgehead atoms. The molecule has 5 nitrogen and oxygen atoms in total. The molecule has 0 saturated carbocycles. The van der Waals surface area contributed by atoms with Crippen LogP contribution in [-0.2, 0) is 4.79 Å². The topological polar surface area (TPSA) is 37.7 Å². The van der Waals surface area contributed by atoms with Gasteiger partial charge >= 0.3 is 0 Å². The summed E-state index contributed by atoms with van der Waals surface area (Å²) in [5.74, 6) is 1.08. The molecule has 156 valence electrons. The molecule has 1 aromatic heterocycles. The second-order valence-electron chi connectivity index (χ2n) is 7.80. The third-order valence-electron chi connectivity index (χ3n) is 5.84. The molecule has 1 aliphatic heterocycles. The second kappa shape index (κ2) is 9.08. The standard InChI is InChI=1S/C25H29N3O2/c1-20-8-7-9-21(18-20)23(26-12-5-6-13-26)19-25(29)28-16-14-27(15-17-28)22-10-3-4-11-24(22)30-2/h3-13,18,23H,14-17,19H2,1-2H3. The summed E-state index contributed by atoms with van der Waals surface area (Å²) in [6, 6.07) is 20.6. The molecule has 0 aliphatic carbocycles. The van der Waals surface area contributed by atoms with Crippen LogP contribution in [0.3, 0.4) is 0 Å². The Labute approximate surface area is 178 Å².